The van der Waals surface area contributed by atoms with E-state index in [1.807, 2.05) is 19.9 Å². The van der Waals surface area contributed by atoms with Gasteiger partial charge < -0.3 is 5.32 Å². The van der Waals surface area contributed by atoms with Crippen LogP contribution >= 0.6 is 11.6 Å². The number of fused-ring (bicyclic) bond motifs is 1. The Balaban J connectivity index is 2.41. The second-order valence-corrected chi connectivity index (χ2v) is 4.70. The lowest BCUT2D eigenvalue weighted by Gasteiger charge is -2.14. The first-order valence-electron chi connectivity index (χ1n) is 5.14. The molecule has 0 radical (unpaired) electrons. The van der Waals surface area contributed by atoms with Crippen LogP contribution in [0, 0.1) is 5.92 Å². The van der Waals surface area contributed by atoms with Crippen molar-refractivity contribution in [1.29, 1.82) is 0 Å². The van der Waals surface area contributed by atoms with Gasteiger partial charge in [-0.25, -0.2) is 0 Å². The molecule has 1 unspecified atom stereocenters. The highest BCUT2D eigenvalue weighted by atomic mass is 35.5. The van der Waals surface area contributed by atoms with Gasteiger partial charge in [0.2, 0.25) is 0 Å². The van der Waals surface area contributed by atoms with Crippen molar-refractivity contribution in [2.24, 2.45) is 5.92 Å². The largest absolute Gasteiger partial charge is 0.318 e. The number of amides is 1. The Labute approximate surface area is 98.8 Å². The van der Waals surface area contributed by atoms with Crippen LogP contribution in [0.4, 0.5) is 5.69 Å². The van der Waals surface area contributed by atoms with Crippen LogP contribution in [0.3, 0.4) is 0 Å². The monoisotopic (exact) mass is 237 g/mol. The molecule has 1 aliphatic rings. The fourth-order valence-electron chi connectivity index (χ4n) is 1.72. The van der Waals surface area contributed by atoms with E-state index in [2.05, 4.69) is 5.32 Å². The fourth-order valence-corrected chi connectivity index (χ4v) is 1.85. The highest BCUT2D eigenvalue weighted by molar-refractivity contribution is 6.51. The number of alkyl halides is 1. The summed E-state index contributed by atoms with van der Waals surface area (Å²) in [6.07, 6.45) is 0. The Bertz CT molecular complexity index is 468. The zero-order valence-electron chi connectivity index (χ0n) is 9.08. The molecule has 0 aromatic heterocycles. The number of halogens is 1. The van der Waals surface area contributed by atoms with Gasteiger partial charge in [-0.2, -0.15) is 0 Å². The zero-order valence-corrected chi connectivity index (χ0v) is 9.84. The number of rotatable bonds is 2. The lowest BCUT2D eigenvalue weighted by Crippen LogP contribution is -2.12. The van der Waals surface area contributed by atoms with Crippen molar-refractivity contribution in [3.05, 3.63) is 29.3 Å². The molecule has 84 valence electrons. The molecular formula is C12H12ClNO2. The molecule has 1 atom stereocenters. The van der Waals surface area contributed by atoms with E-state index in [1.165, 1.54) is 0 Å². The third-order valence-electron chi connectivity index (χ3n) is 2.65. The first-order chi connectivity index (χ1) is 7.50. The van der Waals surface area contributed by atoms with Crippen LogP contribution in [0.2, 0.25) is 0 Å². The van der Waals surface area contributed by atoms with Crippen LogP contribution in [-0.4, -0.2) is 11.7 Å². The molecule has 1 heterocycles. The summed E-state index contributed by atoms with van der Waals surface area (Å²) in [6.45, 7) is 4.02. The normalized spacial score (nSPS) is 16.2. The average Bonchev–Trinajstić information content (AvgIpc) is 2.53. The first-order valence-corrected chi connectivity index (χ1v) is 5.58. The van der Waals surface area contributed by atoms with E-state index < -0.39 is 11.7 Å². The Hall–Kier alpha value is -1.35. The van der Waals surface area contributed by atoms with Gasteiger partial charge >= 0.3 is 0 Å². The summed E-state index contributed by atoms with van der Waals surface area (Å²) in [4.78, 5) is 22.6. The molecule has 1 N–H and O–H groups in total. The molecule has 0 saturated carbocycles. The van der Waals surface area contributed by atoms with Crippen molar-refractivity contribution in [2.75, 3.05) is 5.32 Å². The van der Waals surface area contributed by atoms with Crippen LogP contribution in [0.5, 0.6) is 0 Å². The number of ketones is 1. The van der Waals surface area contributed by atoms with Gasteiger partial charge in [0.15, 0.2) is 0 Å². The second kappa shape index (κ2) is 3.91. The molecule has 0 bridgehead atoms. The molecule has 16 heavy (non-hydrogen) atoms. The standard InChI is InChI=1S/C12H12ClNO2/c1-6(2)10(13)7-3-4-9-8(5-7)11(15)12(16)14-9/h3-6,10H,1-2H3,(H,14,15,16). The van der Waals surface area contributed by atoms with Crippen molar-refractivity contribution in [3.63, 3.8) is 0 Å². The molecule has 1 aromatic carbocycles. The molecular weight excluding hydrogens is 226 g/mol. The minimum absolute atomic E-state index is 0.145. The van der Waals surface area contributed by atoms with Gasteiger partial charge in [0.05, 0.1) is 16.6 Å². The highest BCUT2D eigenvalue weighted by Crippen LogP contribution is 2.32. The minimum atomic E-state index is -0.567. The number of Topliss-reactive ketones (excluding diaryl/α,β-unsaturated/α-hetero) is 1. The minimum Gasteiger partial charge on any atom is -0.318 e. The molecule has 1 aromatic rings. The number of nitrogens with one attached hydrogen (secondary N) is 1. The molecule has 2 rings (SSSR count). The number of carbonyl (C=O) groups excluding carboxylic acids is 2. The van der Waals surface area contributed by atoms with Gasteiger partial charge in [-0.05, 0) is 23.6 Å². The van der Waals surface area contributed by atoms with E-state index in [4.69, 9.17) is 11.6 Å². The topological polar surface area (TPSA) is 46.2 Å². The molecule has 0 fully saturated rings. The van der Waals surface area contributed by atoms with Gasteiger partial charge in [0, 0.05) is 0 Å². The third kappa shape index (κ3) is 1.71. The Morgan fingerprint density at radius 1 is 1.25 bits per heavy atom. The Morgan fingerprint density at radius 3 is 2.56 bits per heavy atom. The van der Waals surface area contributed by atoms with E-state index >= 15 is 0 Å². The summed E-state index contributed by atoms with van der Waals surface area (Å²) in [5, 5.41) is 2.37. The van der Waals surface area contributed by atoms with Crippen LogP contribution in [0.15, 0.2) is 18.2 Å². The van der Waals surface area contributed by atoms with Crippen molar-refractivity contribution in [1.82, 2.24) is 0 Å². The predicted octanol–water partition coefficient (Wildman–Crippen LogP) is 2.76. The maximum absolute atomic E-state index is 11.5. The van der Waals surface area contributed by atoms with E-state index in [0.29, 0.717) is 11.3 Å². The average molecular weight is 238 g/mol. The number of carbonyl (C=O) groups is 2. The van der Waals surface area contributed by atoms with Gasteiger partial charge in [-0.3, -0.25) is 9.59 Å². The van der Waals surface area contributed by atoms with Crippen LogP contribution in [0.1, 0.15) is 35.1 Å². The van der Waals surface area contributed by atoms with Crippen molar-refractivity contribution >= 4 is 29.0 Å². The van der Waals surface area contributed by atoms with Gasteiger partial charge in [0.1, 0.15) is 0 Å². The molecule has 4 heteroatoms. The fraction of sp³-hybridized carbons (Fsp3) is 0.333. The van der Waals surface area contributed by atoms with E-state index in [9.17, 15) is 9.59 Å². The number of anilines is 1. The quantitative estimate of drug-likeness (QED) is 0.635. The summed E-state index contributed by atoms with van der Waals surface area (Å²) in [7, 11) is 0. The summed E-state index contributed by atoms with van der Waals surface area (Å²) in [6, 6.07) is 5.27. The van der Waals surface area contributed by atoms with Crippen molar-refractivity contribution in [2.45, 2.75) is 19.2 Å². The lowest BCUT2D eigenvalue weighted by molar-refractivity contribution is -0.112. The summed E-state index contributed by atoms with van der Waals surface area (Å²) in [5.74, 6) is -0.771. The third-order valence-corrected chi connectivity index (χ3v) is 3.40. The smallest absolute Gasteiger partial charge is 0.296 e. The second-order valence-electron chi connectivity index (χ2n) is 4.23. The Morgan fingerprint density at radius 2 is 1.94 bits per heavy atom. The Kier molecular flexibility index (Phi) is 2.72. The molecule has 1 aliphatic heterocycles. The van der Waals surface area contributed by atoms with E-state index in [0.717, 1.165) is 5.56 Å². The molecule has 3 nitrogen and oxygen atoms in total. The maximum Gasteiger partial charge on any atom is 0.296 e. The summed E-state index contributed by atoms with van der Waals surface area (Å²) in [5.41, 5.74) is 1.88. The van der Waals surface area contributed by atoms with E-state index in [1.54, 1.807) is 12.1 Å². The van der Waals surface area contributed by atoms with Gasteiger partial charge in [-0.15, -0.1) is 11.6 Å². The number of hydrogen-bond acceptors (Lipinski definition) is 2. The van der Waals surface area contributed by atoms with Gasteiger partial charge in [-0.1, -0.05) is 19.9 Å². The highest BCUT2D eigenvalue weighted by Gasteiger charge is 2.28. The van der Waals surface area contributed by atoms with Crippen LogP contribution in [-0.2, 0) is 4.79 Å². The van der Waals surface area contributed by atoms with Crippen molar-refractivity contribution < 1.29 is 9.59 Å². The van der Waals surface area contributed by atoms with Crippen LogP contribution in [0.25, 0.3) is 0 Å². The van der Waals surface area contributed by atoms with E-state index in [-0.39, 0.29) is 11.3 Å². The zero-order chi connectivity index (χ0) is 11.9. The van der Waals surface area contributed by atoms with Crippen molar-refractivity contribution in [3.8, 4) is 0 Å². The molecule has 1 amide bonds. The molecule has 0 spiro atoms. The predicted molar refractivity (Wildman–Crippen MR) is 62.8 cm³/mol. The maximum atomic E-state index is 11.5. The number of hydrogen-bond donors (Lipinski definition) is 1. The molecule has 0 saturated heterocycles. The lowest BCUT2D eigenvalue weighted by atomic mass is 9.99. The molecule has 0 aliphatic carbocycles. The summed E-state index contributed by atoms with van der Waals surface area (Å²) < 4.78 is 0. The summed E-state index contributed by atoms with van der Waals surface area (Å²) >= 11 is 6.21. The van der Waals surface area contributed by atoms with Crippen LogP contribution < -0.4 is 5.32 Å². The van der Waals surface area contributed by atoms with Gasteiger partial charge in [0.25, 0.3) is 11.7 Å². The SMILES string of the molecule is CC(C)C(Cl)c1ccc2c(c1)C(=O)C(=O)N2. The first kappa shape index (κ1) is 11.1. The number of benzene rings is 1.